The number of aliphatic imine (C=N–C) groups is 1. The van der Waals surface area contributed by atoms with Gasteiger partial charge < -0.3 is 14.6 Å². The van der Waals surface area contributed by atoms with Gasteiger partial charge in [-0.1, -0.05) is 0 Å². The van der Waals surface area contributed by atoms with Gasteiger partial charge in [0.1, 0.15) is 11.5 Å². The number of rotatable bonds is 4. The fourth-order valence-corrected chi connectivity index (χ4v) is 2.57. The summed E-state index contributed by atoms with van der Waals surface area (Å²) in [5.74, 6) is 1.18. The molecular formula is C19H18N2O4. The largest absolute Gasteiger partial charge is 0.497 e. The molecule has 0 unspecified atom stereocenters. The Kier molecular flexibility index (Phi) is 4.43. The molecule has 25 heavy (non-hydrogen) atoms. The van der Waals surface area contributed by atoms with E-state index in [1.807, 2.05) is 0 Å². The number of aromatic nitrogens is 1. The van der Waals surface area contributed by atoms with Crippen LogP contribution in [0.25, 0.3) is 10.8 Å². The second kappa shape index (κ2) is 6.68. The summed E-state index contributed by atoms with van der Waals surface area (Å²) in [5.41, 5.74) is 0.874. The quantitative estimate of drug-likeness (QED) is 0.742. The highest BCUT2D eigenvalue weighted by Crippen LogP contribution is 2.26. The van der Waals surface area contributed by atoms with Crippen LogP contribution in [0.1, 0.15) is 5.56 Å². The zero-order valence-corrected chi connectivity index (χ0v) is 14.2. The van der Waals surface area contributed by atoms with Crippen LogP contribution in [0.2, 0.25) is 0 Å². The monoisotopic (exact) mass is 338 g/mol. The molecule has 1 N–H and O–H groups in total. The number of aromatic hydroxyl groups is 1. The molecule has 0 radical (unpaired) electrons. The van der Waals surface area contributed by atoms with E-state index >= 15 is 0 Å². The standard InChI is InChI=1S/C19H18N2O4/c1-21-18(22)16-10-14(25-3)8-9-15(16)17(19(21)23)11-20-12-4-6-13(24-2)7-5-12/h4-11,23H,1-3H3. The molecule has 0 saturated heterocycles. The highest BCUT2D eigenvalue weighted by molar-refractivity contribution is 6.02. The summed E-state index contributed by atoms with van der Waals surface area (Å²) in [5, 5.41) is 11.4. The normalized spacial score (nSPS) is 11.2. The minimum absolute atomic E-state index is 0.139. The molecule has 0 bridgehead atoms. The van der Waals surface area contributed by atoms with E-state index in [2.05, 4.69) is 4.99 Å². The molecule has 0 atom stereocenters. The maximum absolute atomic E-state index is 12.4. The van der Waals surface area contributed by atoms with Crippen molar-refractivity contribution in [3.63, 3.8) is 0 Å². The maximum atomic E-state index is 12.4. The Morgan fingerprint density at radius 1 is 1.00 bits per heavy atom. The van der Waals surface area contributed by atoms with Gasteiger partial charge in [-0.15, -0.1) is 0 Å². The smallest absolute Gasteiger partial charge is 0.261 e. The number of ether oxygens (including phenoxy) is 2. The van der Waals surface area contributed by atoms with Gasteiger partial charge in [0, 0.05) is 18.6 Å². The fourth-order valence-electron chi connectivity index (χ4n) is 2.57. The molecule has 0 saturated carbocycles. The van der Waals surface area contributed by atoms with Crippen molar-refractivity contribution in [1.82, 2.24) is 4.57 Å². The van der Waals surface area contributed by atoms with Crippen LogP contribution in [0.5, 0.6) is 17.4 Å². The zero-order valence-electron chi connectivity index (χ0n) is 14.2. The molecular weight excluding hydrogens is 320 g/mol. The van der Waals surface area contributed by atoms with Gasteiger partial charge in [-0.3, -0.25) is 14.4 Å². The van der Waals surface area contributed by atoms with Crippen molar-refractivity contribution >= 4 is 22.7 Å². The van der Waals surface area contributed by atoms with Crippen molar-refractivity contribution < 1.29 is 14.6 Å². The molecule has 6 heteroatoms. The van der Waals surface area contributed by atoms with Crippen molar-refractivity contribution in [3.8, 4) is 17.4 Å². The third-order valence-corrected chi connectivity index (χ3v) is 4.03. The lowest BCUT2D eigenvalue weighted by Gasteiger charge is -2.10. The topological polar surface area (TPSA) is 73.0 Å². The highest BCUT2D eigenvalue weighted by Gasteiger charge is 2.13. The Morgan fingerprint density at radius 2 is 1.64 bits per heavy atom. The number of hydrogen-bond donors (Lipinski definition) is 1. The molecule has 0 spiro atoms. The van der Waals surface area contributed by atoms with Crippen LogP contribution in [0.3, 0.4) is 0 Å². The fraction of sp³-hybridized carbons (Fsp3) is 0.158. The lowest BCUT2D eigenvalue weighted by molar-refractivity contribution is 0.414. The van der Waals surface area contributed by atoms with Gasteiger partial charge >= 0.3 is 0 Å². The molecule has 0 aliphatic heterocycles. The van der Waals surface area contributed by atoms with Crippen molar-refractivity contribution in [2.45, 2.75) is 0 Å². The van der Waals surface area contributed by atoms with E-state index in [1.54, 1.807) is 55.8 Å². The van der Waals surface area contributed by atoms with E-state index in [0.717, 1.165) is 5.75 Å². The van der Waals surface area contributed by atoms with Gasteiger partial charge in [0.2, 0.25) is 5.88 Å². The Hall–Kier alpha value is -3.28. The number of fused-ring (bicyclic) bond motifs is 1. The first-order valence-corrected chi connectivity index (χ1v) is 7.63. The van der Waals surface area contributed by atoms with E-state index in [1.165, 1.54) is 18.7 Å². The molecule has 2 aromatic carbocycles. The first kappa shape index (κ1) is 16.6. The SMILES string of the molecule is COc1ccc(N=Cc2c(O)n(C)c(=O)c3cc(OC)ccc23)cc1. The van der Waals surface area contributed by atoms with E-state index in [9.17, 15) is 9.90 Å². The third kappa shape index (κ3) is 3.06. The van der Waals surface area contributed by atoms with Crippen molar-refractivity contribution in [2.24, 2.45) is 12.0 Å². The van der Waals surface area contributed by atoms with Gasteiger partial charge in [-0.25, -0.2) is 0 Å². The van der Waals surface area contributed by atoms with Crippen LogP contribution in [-0.2, 0) is 7.05 Å². The van der Waals surface area contributed by atoms with Crippen LogP contribution < -0.4 is 15.0 Å². The Labute approximate surface area is 144 Å². The van der Waals surface area contributed by atoms with Crippen LogP contribution >= 0.6 is 0 Å². The number of benzene rings is 2. The number of methoxy groups -OCH3 is 2. The summed E-state index contributed by atoms with van der Waals surface area (Å²) in [6.45, 7) is 0. The van der Waals surface area contributed by atoms with Gasteiger partial charge in [0.15, 0.2) is 0 Å². The van der Waals surface area contributed by atoms with Gasteiger partial charge in [0.25, 0.3) is 5.56 Å². The second-order valence-electron chi connectivity index (χ2n) is 5.47. The van der Waals surface area contributed by atoms with Crippen molar-refractivity contribution in [1.29, 1.82) is 0 Å². The molecule has 0 fully saturated rings. The van der Waals surface area contributed by atoms with Crippen LogP contribution in [0.4, 0.5) is 5.69 Å². The predicted octanol–water partition coefficient (Wildman–Crippen LogP) is 3.01. The Balaban J connectivity index is 2.14. The summed E-state index contributed by atoms with van der Waals surface area (Å²) >= 11 is 0. The van der Waals surface area contributed by atoms with Crippen molar-refractivity contribution in [3.05, 3.63) is 58.4 Å². The Morgan fingerprint density at radius 3 is 2.28 bits per heavy atom. The molecule has 0 aliphatic carbocycles. The lowest BCUT2D eigenvalue weighted by atomic mass is 10.1. The number of pyridine rings is 1. The summed E-state index contributed by atoms with van der Waals surface area (Å²) in [6, 6.07) is 12.4. The van der Waals surface area contributed by atoms with E-state index in [4.69, 9.17) is 9.47 Å². The summed E-state index contributed by atoms with van der Waals surface area (Å²) in [7, 11) is 4.65. The summed E-state index contributed by atoms with van der Waals surface area (Å²) in [6.07, 6.45) is 1.55. The average Bonchev–Trinajstić information content (AvgIpc) is 2.66. The third-order valence-electron chi connectivity index (χ3n) is 4.03. The molecule has 0 aliphatic rings. The van der Waals surface area contributed by atoms with Crippen LogP contribution in [-0.4, -0.2) is 30.1 Å². The average molecular weight is 338 g/mol. The first-order valence-electron chi connectivity index (χ1n) is 7.63. The molecule has 1 aromatic heterocycles. The van der Waals surface area contributed by atoms with Crippen LogP contribution in [0, 0.1) is 0 Å². The lowest BCUT2D eigenvalue weighted by Crippen LogP contribution is -2.18. The second-order valence-corrected chi connectivity index (χ2v) is 5.47. The van der Waals surface area contributed by atoms with E-state index in [0.29, 0.717) is 27.8 Å². The Bertz CT molecular complexity index is 1000. The molecule has 128 valence electrons. The van der Waals surface area contributed by atoms with Gasteiger partial charge in [-0.05, 0) is 42.5 Å². The molecule has 1 heterocycles. The zero-order chi connectivity index (χ0) is 18.0. The molecule has 3 rings (SSSR count). The molecule has 3 aromatic rings. The number of nitrogens with zero attached hydrogens (tertiary/aromatic N) is 2. The first-order chi connectivity index (χ1) is 12.0. The summed E-state index contributed by atoms with van der Waals surface area (Å²) < 4.78 is 11.5. The van der Waals surface area contributed by atoms with Crippen molar-refractivity contribution in [2.75, 3.05) is 14.2 Å². The maximum Gasteiger partial charge on any atom is 0.261 e. The minimum atomic E-state index is -0.298. The van der Waals surface area contributed by atoms with Crippen LogP contribution in [0.15, 0.2) is 52.3 Å². The van der Waals surface area contributed by atoms with Gasteiger partial charge in [-0.2, -0.15) is 0 Å². The molecule has 0 amide bonds. The minimum Gasteiger partial charge on any atom is -0.497 e. The van der Waals surface area contributed by atoms with E-state index in [-0.39, 0.29) is 11.4 Å². The predicted molar refractivity (Wildman–Crippen MR) is 97.7 cm³/mol. The number of hydrogen-bond acceptors (Lipinski definition) is 5. The highest BCUT2D eigenvalue weighted by atomic mass is 16.5. The van der Waals surface area contributed by atoms with Gasteiger partial charge in [0.05, 0.1) is 30.9 Å². The summed E-state index contributed by atoms with van der Waals surface area (Å²) in [4.78, 5) is 16.8. The van der Waals surface area contributed by atoms with E-state index < -0.39 is 0 Å². The molecule has 6 nitrogen and oxygen atoms in total.